The molecule has 0 aromatic rings. The molecular formula is C49H88NO7P. The van der Waals surface area contributed by atoms with Gasteiger partial charge in [0, 0.05) is 19.6 Å². The SMILES string of the molecule is CC/C=C\C/C=C\C/C=C\C/C=C\C/C=C\C/C=C\CCCOCC(COP(=O)(O)OCCN)OC(=O)CCCCCCCCCCCCCCCCCCCCC. The molecule has 0 aliphatic rings. The minimum atomic E-state index is -4.30. The molecule has 0 radical (unpaired) electrons. The highest BCUT2D eigenvalue weighted by atomic mass is 31.2. The monoisotopic (exact) mass is 834 g/mol. The fourth-order valence-electron chi connectivity index (χ4n) is 6.25. The Morgan fingerprint density at radius 3 is 1.38 bits per heavy atom. The van der Waals surface area contributed by atoms with Gasteiger partial charge in [0.1, 0.15) is 6.10 Å². The quantitative estimate of drug-likeness (QED) is 0.0270. The third-order valence-electron chi connectivity index (χ3n) is 9.64. The van der Waals surface area contributed by atoms with Crippen molar-refractivity contribution < 1.29 is 32.8 Å². The van der Waals surface area contributed by atoms with E-state index in [0.29, 0.717) is 13.0 Å². The fourth-order valence-corrected chi connectivity index (χ4v) is 7.01. The molecule has 0 rings (SSSR count). The van der Waals surface area contributed by atoms with Crippen LogP contribution in [0.4, 0.5) is 0 Å². The number of hydrogen-bond donors (Lipinski definition) is 2. The maximum Gasteiger partial charge on any atom is 0.472 e. The molecule has 0 aromatic carbocycles. The summed E-state index contributed by atoms with van der Waals surface area (Å²) in [5.74, 6) is -0.349. The van der Waals surface area contributed by atoms with Crippen LogP contribution in [-0.2, 0) is 27.9 Å². The highest BCUT2D eigenvalue weighted by Crippen LogP contribution is 2.43. The van der Waals surface area contributed by atoms with Crippen molar-refractivity contribution in [3.05, 3.63) is 72.9 Å². The minimum Gasteiger partial charge on any atom is -0.457 e. The van der Waals surface area contributed by atoms with Crippen molar-refractivity contribution in [3.63, 3.8) is 0 Å². The average Bonchev–Trinajstić information content (AvgIpc) is 3.21. The van der Waals surface area contributed by atoms with Gasteiger partial charge in [-0.25, -0.2) is 4.57 Å². The number of hydrogen-bond acceptors (Lipinski definition) is 7. The second-order valence-electron chi connectivity index (χ2n) is 15.2. The molecule has 336 valence electrons. The number of rotatable bonds is 44. The highest BCUT2D eigenvalue weighted by molar-refractivity contribution is 7.47. The summed E-state index contributed by atoms with van der Waals surface area (Å²) < 4.78 is 33.4. The van der Waals surface area contributed by atoms with Crippen molar-refractivity contribution in [2.24, 2.45) is 5.73 Å². The lowest BCUT2D eigenvalue weighted by molar-refractivity contribution is -0.154. The van der Waals surface area contributed by atoms with Crippen LogP contribution in [0.5, 0.6) is 0 Å². The molecule has 9 heteroatoms. The Balaban J connectivity index is 4.09. The summed E-state index contributed by atoms with van der Waals surface area (Å²) in [5.41, 5.74) is 5.37. The Kier molecular flexibility index (Phi) is 44.4. The molecule has 2 atom stereocenters. The van der Waals surface area contributed by atoms with Crippen molar-refractivity contribution in [3.8, 4) is 0 Å². The van der Waals surface area contributed by atoms with Gasteiger partial charge in [0.05, 0.1) is 19.8 Å². The summed E-state index contributed by atoms with van der Waals surface area (Å²) in [6, 6.07) is 0. The number of phosphoric acid groups is 1. The molecule has 0 fully saturated rings. The number of nitrogens with two attached hydrogens (primary N) is 1. The standard InChI is InChI=1S/C49H88NO7P/c1-3-5-7-9-11-13-15-17-19-21-23-25-27-29-31-33-35-37-39-41-44-54-46-48(47-56-58(52,53)55-45-43-50)57-49(51)42-40-38-36-34-32-30-28-26-24-22-20-18-16-14-12-10-8-6-4-2/h5,7,11,13,17,19,23,25,29,31,35,37,48H,3-4,6,8-10,12,14-16,18,20-22,24,26-28,30,32-34,36,38-47,50H2,1-2H3,(H,52,53)/b7-5-,13-11-,19-17-,25-23-,31-29-,37-35-. The zero-order valence-electron chi connectivity index (χ0n) is 37.3. The summed E-state index contributed by atoms with van der Waals surface area (Å²) in [6.07, 6.45) is 58.0. The van der Waals surface area contributed by atoms with Gasteiger partial charge in [-0.2, -0.15) is 0 Å². The van der Waals surface area contributed by atoms with Gasteiger partial charge in [-0.3, -0.25) is 13.8 Å². The van der Waals surface area contributed by atoms with E-state index in [4.69, 9.17) is 24.3 Å². The summed E-state index contributed by atoms with van der Waals surface area (Å²) in [6.45, 7) is 4.66. The van der Waals surface area contributed by atoms with E-state index in [-0.39, 0.29) is 32.3 Å². The van der Waals surface area contributed by atoms with Crippen molar-refractivity contribution in [2.45, 2.75) is 200 Å². The van der Waals surface area contributed by atoms with Crippen molar-refractivity contribution >= 4 is 13.8 Å². The second-order valence-corrected chi connectivity index (χ2v) is 16.7. The van der Waals surface area contributed by atoms with Crippen LogP contribution in [0.25, 0.3) is 0 Å². The fraction of sp³-hybridized carbons (Fsp3) is 0.735. The molecule has 58 heavy (non-hydrogen) atoms. The molecule has 8 nitrogen and oxygen atoms in total. The van der Waals surface area contributed by atoms with Gasteiger partial charge < -0.3 is 20.1 Å². The van der Waals surface area contributed by atoms with E-state index in [2.05, 4.69) is 86.8 Å². The summed E-state index contributed by atoms with van der Waals surface area (Å²) >= 11 is 0. The van der Waals surface area contributed by atoms with Crippen LogP contribution in [0, 0.1) is 0 Å². The normalized spacial score (nSPS) is 14.1. The van der Waals surface area contributed by atoms with E-state index in [9.17, 15) is 14.3 Å². The van der Waals surface area contributed by atoms with Gasteiger partial charge in [-0.15, -0.1) is 0 Å². The molecule has 0 saturated heterocycles. The second kappa shape index (κ2) is 46.0. The third-order valence-corrected chi connectivity index (χ3v) is 10.6. The predicted octanol–water partition coefficient (Wildman–Crippen LogP) is 14.3. The van der Waals surface area contributed by atoms with Gasteiger partial charge in [0.2, 0.25) is 0 Å². The van der Waals surface area contributed by atoms with Crippen LogP contribution < -0.4 is 5.73 Å². The van der Waals surface area contributed by atoms with E-state index in [1.54, 1.807) is 0 Å². The van der Waals surface area contributed by atoms with Crippen molar-refractivity contribution in [1.29, 1.82) is 0 Å². The van der Waals surface area contributed by atoms with Crippen molar-refractivity contribution in [1.82, 2.24) is 0 Å². The Bertz CT molecular complexity index is 1120. The molecular weight excluding hydrogens is 746 g/mol. The molecule has 0 heterocycles. The van der Waals surface area contributed by atoms with Gasteiger partial charge in [0.15, 0.2) is 0 Å². The van der Waals surface area contributed by atoms with E-state index in [1.165, 1.54) is 103 Å². The van der Waals surface area contributed by atoms with E-state index >= 15 is 0 Å². The molecule has 2 unspecified atom stereocenters. The van der Waals surface area contributed by atoms with Gasteiger partial charge >= 0.3 is 13.8 Å². The maximum atomic E-state index is 12.6. The van der Waals surface area contributed by atoms with Crippen LogP contribution in [0.1, 0.15) is 194 Å². The summed E-state index contributed by atoms with van der Waals surface area (Å²) in [4.78, 5) is 22.5. The average molecular weight is 834 g/mol. The van der Waals surface area contributed by atoms with E-state index in [0.717, 1.165) is 70.6 Å². The Hall–Kier alpha value is -2.06. The first-order valence-corrected chi connectivity index (χ1v) is 24.9. The minimum absolute atomic E-state index is 0.0750. The lowest BCUT2D eigenvalue weighted by Crippen LogP contribution is -2.28. The molecule has 0 bridgehead atoms. The van der Waals surface area contributed by atoms with Crippen LogP contribution in [0.2, 0.25) is 0 Å². The predicted molar refractivity (Wildman–Crippen MR) is 247 cm³/mol. The summed E-state index contributed by atoms with van der Waals surface area (Å²) in [5, 5.41) is 0. The third kappa shape index (κ3) is 45.0. The van der Waals surface area contributed by atoms with E-state index < -0.39 is 13.9 Å². The first-order valence-electron chi connectivity index (χ1n) is 23.4. The number of unbranched alkanes of at least 4 members (excludes halogenated alkanes) is 19. The number of esters is 1. The van der Waals surface area contributed by atoms with Crippen LogP contribution in [0.15, 0.2) is 72.9 Å². The first-order chi connectivity index (χ1) is 28.4. The number of ether oxygens (including phenoxy) is 2. The van der Waals surface area contributed by atoms with Crippen LogP contribution in [-0.4, -0.2) is 49.9 Å². The Morgan fingerprint density at radius 2 is 0.948 bits per heavy atom. The maximum absolute atomic E-state index is 12.6. The Labute approximate surface area is 356 Å². The van der Waals surface area contributed by atoms with Gasteiger partial charge in [0.25, 0.3) is 0 Å². The smallest absolute Gasteiger partial charge is 0.457 e. The summed E-state index contributed by atoms with van der Waals surface area (Å²) in [7, 11) is -4.30. The zero-order valence-corrected chi connectivity index (χ0v) is 38.2. The molecule has 0 aliphatic heterocycles. The number of carbonyl (C=O) groups is 1. The van der Waals surface area contributed by atoms with Gasteiger partial charge in [-0.05, 0) is 57.8 Å². The lowest BCUT2D eigenvalue weighted by atomic mass is 10.0. The van der Waals surface area contributed by atoms with Gasteiger partial charge in [-0.1, -0.05) is 202 Å². The lowest BCUT2D eigenvalue weighted by Gasteiger charge is -2.20. The molecule has 0 saturated carbocycles. The highest BCUT2D eigenvalue weighted by Gasteiger charge is 2.25. The van der Waals surface area contributed by atoms with Crippen LogP contribution in [0.3, 0.4) is 0 Å². The molecule has 0 aromatic heterocycles. The largest absolute Gasteiger partial charge is 0.472 e. The topological polar surface area (TPSA) is 117 Å². The number of carbonyl (C=O) groups excluding carboxylic acids is 1. The molecule has 0 amide bonds. The first kappa shape index (κ1) is 55.9. The number of allylic oxidation sites excluding steroid dienone is 12. The van der Waals surface area contributed by atoms with E-state index in [1.807, 2.05) is 0 Å². The molecule has 3 N–H and O–H groups in total. The Morgan fingerprint density at radius 1 is 0.534 bits per heavy atom. The van der Waals surface area contributed by atoms with Crippen molar-refractivity contribution in [2.75, 3.05) is 33.0 Å². The molecule has 0 spiro atoms. The molecule has 0 aliphatic carbocycles. The number of phosphoric ester groups is 1. The zero-order chi connectivity index (χ0) is 42.3. The van der Waals surface area contributed by atoms with Crippen LogP contribution >= 0.6 is 7.82 Å².